The van der Waals surface area contributed by atoms with Gasteiger partial charge in [-0.3, -0.25) is 0 Å². The zero-order chi connectivity index (χ0) is 13.0. The SMILES string of the molecule is Nc1cccc(Br)c1COCc1ccccc1Cl. The number of nitrogens with two attached hydrogens (primary N) is 1. The van der Waals surface area contributed by atoms with Crippen molar-refractivity contribution in [2.24, 2.45) is 0 Å². The Bertz CT molecular complexity index is 525. The first-order valence-corrected chi connectivity index (χ1v) is 6.69. The van der Waals surface area contributed by atoms with Crippen LogP contribution in [0.2, 0.25) is 5.02 Å². The van der Waals surface area contributed by atoms with Gasteiger partial charge >= 0.3 is 0 Å². The molecule has 2 N–H and O–H groups in total. The molecule has 4 heteroatoms. The van der Waals surface area contributed by atoms with E-state index in [9.17, 15) is 0 Å². The first-order chi connectivity index (χ1) is 8.68. The van der Waals surface area contributed by atoms with Crippen molar-refractivity contribution in [2.75, 3.05) is 5.73 Å². The Balaban J connectivity index is 1.99. The van der Waals surface area contributed by atoms with Gasteiger partial charge in [0.25, 0.3) is 0 Å². The second-order valence-corrected chi connectivity index (χ2v) is 5.15. The zero-order valence-corrected chi connectivity index (χ0v) is 12.0. The molecule has 0 radical (unpaired) electrons. The summed E-state index contributed by atoms with van der Waals surface area (Å²) in [5, 5.41) is 0.720. The Kier molecular flexibility index (Phi) is 4.64. The van der Waals surface area contributed by atoms with Crippen molar-refractivity contribution in [3.8, 4) is 0 Å². The molecule has 0 saturated heterocycles. The van der Waals surface area contributed by atoms with Gasteiger partial charge in [-0.2, -0.15) is 0 Å². The van der Waals surface area contributed by atoms with Crippen molar-refractivity contribution in [1.29, 1.82) is 0 Å². The second-order valence-electron chi connectivity index (χ2n) is 3.89. The van der Waals surface area contributed by atoms with Crippen molar-refractivity contribution < 1.29 is 4.74 Å². The van der Waals surface area contributed by atoms with E-state index in [2.05, 4.69) is 15.9 Å². The molecule has 0 aliphatic carbocycles. The van der Waals surface area contributed by atoms with E-state index in [4.69, 9.17) is 22.1 Å². The molecule has 0 bridgehead atoms. The first kappa shape index (κ1) is 13.4. The lowest BCUT2D eigenvalue weighted by Gasteiger charge is -2.10. The molecular weight excluding hydrogens is 314 g/mol. The number of anilines is 1. The van der Waals surface area contributed by atoms with Crippen LogP contribution in [0.15, 0.2) is 46.9 Å². The zero-order valence-electron chi connectivity index (χ0n) is 9.70. The number of ether oxygens (including phenoxy) is 1. The second kappa shape index (κ2) is 6.23. The highest BCUT2D eigenvalue weighted by molar-refractivity contribution is 9.10. The average Bonchev–Trinajstić information content (AvgIpc) is 2.35. The lowest BCUT2D eigenvalue weighted by Crippen LogP contribution is -2.00. The minimum atomic E-state index is 0.457. The normalized spacial score (nSPS) is 10.6. The fraction of sp³-hybridized carbons (Fsp3) is 0.143. The van der Waals surface area contributed by atoms with Crippen molar-refractivity contribution >= 4 is 33.2 Å². The number of hydrogen-bond acceptors (Lipinski definition) is 2. The maximum atomic E-state index is 6.05. The fourth-order valence-corrected chi connectivity index (χ4v) is 2.29. The molecule has 94 valence electrons. The summed E-state index contributed by atoms with van der Waals surface area (Å²) in [6, 6.07) is 13.4. The Morgan fingerprint density at radius 1 is 1.06 bits per heavy atom. The molecule has 0 saturated carbocycles. The first-order valence-electron chi connectivity index (χ1n) is 5.52. The average molecular weight is 327 g/mol. The smallest absolute Gasteiger partial charge is 0.0752 e. The van der Waals surface area contributed by atoms with Crippen LogP contribution in [0.5, 0.6) is 0 Å². The summed E-state index contributed by atoms with van der Waals surface area (Å²) >= 11 is 9.52. The number of hydrogen-bond donors (Lipinski definition) is 1. The van der Waals surface area contributed by atoms with Crippen LogP contribution in [0.4, 0.5) is 5.69 Å². The molecule has 2 aromatic carbocycles. The van der Waals surface area contributed by atoms with Crippen molar-refractivity contribution in [3.05, 3.63) is 63.1 Å². The van der Waals surface area contributed by atoms with E-state index in [0.29, 0.717) is 13.2 Å². The molecule has 0 aliphatic rings. The predicted molar refractivity (Wildman–Crippen MR) is 78.5 cm³/mol. The Morgan fingerprint density at radius 3 is 2.56 bits per heavy atom. The summed E-state index contributed by atoms with van der Waals surface area (Å²) in [6.07, 6.45) is 0. The lowest BCUT2D eigenvalue weighted by molar-refractivity contribution is 0.107. The molecule has 0 unspecified atom stereocenters. The van der Waals surface area contributed by atoms with Crippen LogP contribution >= 0.6 is 27.5 Å². The highest BCUT2D eigenvalue weighted by Gasteiger charge is 2.05. The van der Waals surface area contributed by atoms with E-state index in [0.717, 1.165) is 26.3 Å². The summed E-state index contributed by atoms with van der Waals surface area (Å²) in [6.45, 7) is 0.929. The van der Waals surface area contributed by atoms with Gasteiger partial charge in [-0.1, -0.05) is 51.8 Å². The quantitative estimate of drug-likeness (QED) is 0.845. The molecule has 0 aliphatic heterocycles. The third-order valence-electron chi connectivity index (χ3n) is 2.62. The Hall–Kier alpha value is -1.03. The van der Waals surface area contributed by atoms with Gasteiger partial charge in [-0.25, -0.2) is 0 Å². The van der Waals surface area contributed by atoms with E-state index in [1.165, 1.54) is 0 Å². The van der Waals surface area contributed by atoms with Crippen molar-refractivity contribution in [1.82, 2.24) is 0 Å². The third kappa shape index (κ3) is 3.25. The topological polar surface area (TPSA) is 35.2 Å². The summed E-state index contributed by atoms with van der Waals surface area (Å²) in [7, 11) is 0. The van der Waals surface area contributed by atoms with Crippen molar-refractivity contribution in [2.45, 2.75) is 13.2 Å². The molecule has 0 amide bonds. The van der Waals surface area contributed by atoms with Gasteiger partial charge in [0.2, 0.25) is 0 Å². The number of nitrogen functional groups attached to an aromatic ring is 1. The fourth-order valence-electron chi connectivity index (χ4n) is 1.61. The van der Waals surface area contributed by atoms with Gasteiger partial charge in [0.05, 0.1) is 13.2 Å². The summed E-state index contributed by atoms with van der Waals surface area (Å²) in [5.74, 6) is 0. The number of benzene rings is 2. The standard InChI is InChI=1S/C14H13BrClNO/c15-12-5-3-7-14(17)11(12)9-18-8-10-4-1-2-6-13(10)16/h1-7H,8-9,17H2. The molecule has 2 nitrogen and oxygen atoms in total. The van der Waals surface area contributed by atoms with Gasteiger partial charge in [-0.05, 0) is 23.8 Å². The largest absolute Gasteiger partial charge is 0.398 e. The van der Waals surface area contributed by atoms with E-state index < -0.39 is 0 Å². The molecule has 0 spiro atoms. The minimum absolute atomic E-state index is 0.457. The highest BCUT2D eigenvalue weighted by Crippen LogP contribution is 2.24. The molecule has 0 fully saturated rings. The van der Waals surface area contributed by atoms with Gasteiger partial charge in [0.1, 0.15) is 0 Å². The highest BCUT2D eigenvalue weighted by atomic mass is 79.9. The Morgan fingerprint density at radius 2 is 1.83 bits per heavy atom. The molecule has 0 atom stereocenters. The van der Waals surface area contributed by atoms with E-state index in [1.807, 2.05) is 42.5 Å². The summed E-state index contributed by atoms with van der Waals surface area (Å²) in [5.41, 5.74) is 8.56. The molecule has 0 aromatic heterocycles. The minimum Gasteiger partial charge on any atom is -0.398 e. The van der Waals surface area contributed by atoms with Crippen LogP contribution in [0.1, 0.15) is 11.1 Å². The van der Waals surface area contributed by atoms with Gasteiger partial charge in [-0.15, -0.1) is 0 Å². The van der Waals surface area contributed by atoms with Crippen LogP contribution in [0.3, 0.4) is 0 Å². The summed E-state index contributed by atoms with van der Waals surface area (Å²) < 4.78 is 6.61. The maximum Gasteiger partial charge on any atom is 0.0752 e. The molecule has 18 heavy (non-hydrogen) atoms. The molecule has 0 heterocycles. The predicted octanol–water partition coefficient (Wildman–Crippen LogP) is 4.40. The third-order valence-corrected chi connectivity index (χ3v) is 3.73. The molecule has 2 aromatic rings. The molecular formula is C14H13BrClNO. The van der Waals surface area contributed by atoms with Crippen LogP contribution < -0.4 is 5.73 Å². The van der Waals surface area contributed by atoms with Crippen molar-refractivity contribution in [3.63, 3.8) is 0 Å². The van der Waals surface area contributed by atoms with Gasteiger partial charge in [0.15, 0.2) is 0 Å². The van der Waals surface area contributed by atoms with E-state index >= 15 is 0 Å². The molecule has 2 rings (SSSR count). The van der Waals surface area contributed by atoms with Crippen LogP contribution in [0.25, 0.3) is 0 Å². The maximum absolute atomic E-state index is 6.05. The van der Waals surface area contributed by atoms with Gasteiger partial charge < -0.3 is 10.5 Å². The van der Waals surface area contributed by atoms with Crippen LogP contribution in [0, 0.1) is 0 Å². The van der Waals surface area contributed by atoms with Crippen LogP contribution in [-0.4, -0.2) is 0 Å². The lowest BCUT2D eigenvalue weighted by atomic mass is 10.2. The number of halogens is 2. The van der Waals surface area contributed by atoms with E-state index in [-0.39, 0.29) is 0 Å². The summed E-state index contributed by atoms with van der Waals surface area (Å²) in [4.78, 5) is 0. The van der Waals surface area contributed by atoms with Gasteiger partial charge in [0, 0.05) is 20.7 Å². The Labute approximate surface area is 120 Å². The monoisotopic (exact) mass is 325 g/mol. The van der Waals surface area contributed by atoms with E-state index in [1.54, 1.807) is 0 Å². The number of rotatable bonds is 4. The van der Waals surface area contributed by atoms with Crippen LogP contribution in [-0.2, 0) is 18.0 Å².